The first-order valence-corrected chi connectivity index (χ1v) is 9.37. The molecule has 0 radical (unpaired) electrons. The molecule has 1 atom stereocenters. The highest BCUT2D eigenvalue weighted by molar-refractivity contribution is 14.0. The number of nitrogens with zero attached hydrogens (tertiary/aromatic N) is 4. The van der Waals surface area contributed by atoms with E-state index in [1.165, 1.54) is 12.1 Å². The van der Waals surface area contributed by atoms with E-state index in [9.17, 15) is 4.39 Å². The molecule has 0 aliphatic rings. The molecule has 0 fully saturated rings. The van der Waals surface area contributed by atoms with Crippen molar-refractivity contribution in [3.05, 3.63) is 72.2 Å². The predicted octanol–water partition coefficient (Wildman–Crippen LogP) is 3.47. The van der Waals surface area contributed by atoms with Crippen molar-refractivity contribution < 1.29 is 9.13 Å². The largest absolute Gasteiger partial charge is 0.489 e. The summed E-state index contributed by atoms with van der Waals surface area (Å²) >= 11 is 0. The summed E-state index contributed by atoms with van der Waals surface area (Å²) in [5, 5.41) is 6.47. The third-order valence-electron chi connectivity index (χ3n) is 4.27. The van der Waals surface area contributed by atoms with E-state index in [2.05, 4.69) is 25.6 Å². The van der Waals surface area contributed by atoms with E-state index in [0.717, 1.165) is 17.2 Å². The molecular formula is C21H26FIN6O. The fourth-order valence-corrected chi connectivity index (χ4v) is 2.72. The highest BCUT2D eigenvalue weighted by Crippen LogP contribution is 2.12. The van der Waals surface area contributed by atoms with Gasteiger partial charge in [0.05, 0.1) is 6.54 Å². The third-order valence-corrected chi connectivity index (χ3v) is 4.27. The lowest BCUT2D eigenvalue weighted by Gasteiger charge is -2.18. The van der Waals surface area contributed by atoms with Gasteiger partial charge in [-0.2, -0.15) is 0 Å². The summed E-state index contributed by atoms with van der Waals surface area (Å²) in [5.74, 6) is 2.73. The van der Waals surface area contributed by atoms with Crippen LogP contribution in [0.15, 0.2) is 60.0 Å². The maximum Gasteiger partial charge on any atom is 0.191 e. The number of halogens is 2. The summed E-state index contributed by atoms with van der Waals surface area (Å²) in [6.45, 7) is 5.01. The first-order valence-electron chi connectivity index (χ1n) is 9.37. The second kappa shape index (κ2) is 11.5. The molecule has 0 amide bonds. The van der Waals surface area contributed by atoms with Gasteiger partial charge in [-0.3, -0.25) is 9.56 Å². The average Bonchev–Trinajstić information content (AvgIpc) is 3.16. The van der Waals surface area contributed by atoms with Crippen LogP contribution in [0.25, 0.3) is 5.82 Å². The Kier molecular flexibility index (Phi) is 9.03. The Morgan fingerprint density at radius 1 is 1.17 bits per heavy atom. The molecule has 7 nitrogen and oxygen atoms in total. The van der Waals surface area contributed by atoms with E-state index >= 15 is 0 Å². The van der Waals surface area contributed by atoms with E-state index in [0.29, 0.717) is 24.8 Å². The molecule has 2 N–H and O–H groups in total. The van der Waals surface area contributed by atoms with Crippen LogP contribution in [-0.2, 0) is 6.54 Å². The van der Waals surface area contributed by atoms with E-state index in [1.54, 1.807) is 25.4 Å². The van der Waals surface area contributed by atoms with Crippen molar-refractivity contribution in [1.29, 1.82) is 0 Å². The molecular weight excluding hydrogens is 498 g/mol. The monoisotopic (exact) mass is 524 g/mol. The molecule has 160 valence electrons. The fraction of sp³-hybridized carbons (Fsp3) is 0.286. The summed E-state index contributed by atoms with van der Waals surface area (Å²) in [6, 6.07) is 9.96. The number of ether oxygens (including phenoxy) is 1. The van der Waals surface area contributed by atoms with Gasteiger partial charge in [-0.25, -0.2) is 14.4 Å². The maximum absolute atomic E-state index is 13.0. The smallest absolute Gasteiger partial charge is 0.191 e. The lowest BCUT2D eigenvalue weighted by Crippen LogP contribution is -2.41. The molecule has 2 aromatic heterocycles. The first-order chi connectivity index (χ1) is 14.0. The van der Waals surface area contributed by atoms with Crippen LogP contribution in [-0.4, -0.2) is 40.2 Å². The number of aryl methyl sites for hydroxylation is 1. The van der Waals surface area contributed by atoms with Gasteiger partial charge in [0, 0.05) is 32.2 Å². The predicted molar refractivity (Wildman–Crippen MR) is 126 cm³/mol. The summed E-state index contributed by atoms with van der Waals surface area (Å²) in [7, 11) is 1.71. The third kappa shape index (κ3) is 6.68. The van der Waals surface area contributed by atoms with Crippen LogP contribution in [0.5, 0.6) is 5.75 Å². The Labute approximate surface area is 192 Å². The standard InChI is InChI=1S/C21H25FN6O.HI/c1-15(29-19-7-5-18(22)6-8-19)12-26-21(23-3)27-14-17-4-9-20(25-13-17)28-11-10-24-16(28)2;/h4-11,13,15H,12,14H2,1-3H3,(H2,23,26,27);1H. The van der Waals surface area contributed by atoms with Crippen LogP contribution in [0.4, 0.5) is 4.39 Å². The average molecular weight is 524 g/mol. The second-order valence-corrected chi connectivity index (χ2v) is 6.56. The Morgan fingerprint density at radius 2 is 1.93 bits per heavy atom. The number of guanidine groups is 1. The van der Waals surface area contributed by atoms with E-state index in [4.69, 9.17) is 4.74 Å². The topological polar surface area (TPSA) is 76.4 Å². The molecule has 1 aromatic carbocycles. The Bertz CT molecular complexity index is 943. The van der Waals surface area contributed by atoms with Gasteiger partial charge in [0.25, 0.3) is 0 Å². The van der Waals surface area contributed by atoms with Crippen molar-refractivity contribution >= 4 is 29.9 Å². The van der Waals surface area contributed by atoms with Gasteiger partial charge in [-0.15, -0.1) is 24.0 Å². The number of benzene rings is 1. The Morgan fingerprint density at radius 3 is 2.53 bits per heavy atom. The van der Waals surface area contributed by atoms with Gasteiger partial charge < -0.3 is 15.4 Å². The summed E-state index contributed by atoms with van der Waals surface area (Å²) < 4.78 is 20.6. The molecule has 1 unspecified atom stereocenters. The molecule has 9 heteroatoms. The highest BCUT2D eigenvalue weighted by Gasteiger charge is 2.07. The highest BCUT2D eigenvalue weighted by atomic mass is 127. The number of aliphatic imine (C=N–C) groups is 1. The number of pyridine rings is 1. The van der Waals surface area contributed by atoms with Crippen LogP contribution in [0.2, 0.25) is 0 Å². The first kappa shape index (κ1) is 23.6. The number of hydrogen-bond donors (Lipinski definition) is 2. The molecule has 3 rings (SSSR count). The van der Waals surface area contributed by atoms with E-state index in [1.807, 2.05) is 42.9 Å². The summed E-state index contributed by atoms with van der Waals surface area (Å²) in [4.78, 5) is 12.9. The molecule has 0 aliphatic heterocycles. The fourth-order valence-electron chi connectivity index (χ4n) is 2.72. The summed E-state index contributed by atoms with van der Waals surface area (Å²) in [6.07, 6.45) is 5.35. The lowest BCUT2D eigenvalue weighted by molar-refractivity contribution is 0.223. The molecule has 0 spiro atoms. The quantitative estimate of drug-likeness (QED) is 0.281. The van der Waals surface area contributed by atoms with Crippen molar-refractivity contribution in [2.75, 3.05) is 13.6 Å². The zero-order chi connectivity index (χ0) is 20.6. The zero-order valence-electron chi connectivity index (χ0n) is 17.2. The molecule has 0 saturated carbocycles. The number of aromatic nitrogens is 3. The van der Waals surface area contributed by atoms with E-state index in [-0.39, 0.29) is 35.9 Å². The van der Waals surface area contributed by atoms with Crippen molar-refractivity contribution in [3.63, 3.8) is 0 Å². The molecule has 3 aromatic rings. The summed E-state index contributed by atoms with van der Waals surface area (Å²) in [5.41, 5.74) is 1.03. The van der Waals surface area contributed by atoms with Gasteiger partial charge in [0.2, 0.25) is 0 Å². The molecule has 0 bridgehead atoms. The van der Waals surface area contributed by atoms with Crippen LogP contribution >= 0.6 is 24.0 Å². The van der Waals surface area contributed by atoms with Crippen molar-refractivity contribution in [2.45, 2.75) is 26.5 Å². The Hall–Kier alpha value is -2.69. The van der Waals surface area contributed by atoms with Crippen LogP contribution in [0.3, 0.4) is 0 Å². The van der Waals surface area contributed by atoms with Gasteiger partial charge in [-0.1, -0.05) is 6.07 Å². The van der Waals surface area contributed by atoms with Gasteiger partial charge in [0.15, 0.2) is 5.96 Å². The van der Waals surface area contributed by atoms with Crippen LogP contribution in [0, 0.1) is 12.7 Å². The molecule has 0 aliphatic carbocycles. The maximum atomic E-state index is 13.0. The Balaban J connectivity index is 0.00000320. The van der Waals surface area contributed by atoms with Crippen molar-refractivity contribution in [3.8, 4) is 11.6 Å². The SMILES string of the molecule is CN=C(NCc1ccc(-n2ccnc2C)nc1)NCC(C)Oc1ccc(F)cc1.I. The molecule has 30 heavy (non-hydrogen) atoms. The number of nitrogens with one attached hydrogen (secondary N) is 2. The number of hydrogen-bond acceptors (Lipinski definition) is 4. The van der Waals surface area contributed by atoms with Crippen LogP contribution < -0.4 is 15.4 Å². The normalized spacial score (nSPS) is 12.1. The number of rotatable bonds is 7. The molecule has 2 heterocycles. The van der Waals surface area contributed by atoms with E-state index < -0.39 is 0 Å². The zero-order valence-corrected chi connectivity index (χ0v) is 19.5. The minimum absolute atomic E-state index is 0. The second-order valence-electron chi connectivity index (χ2n) is 6.56. The van der Waals surface area contributed by atoms with Gasteiger partial charge >= 0.3 is 0 Å². The minimum Gasteiger partial charge on any atom is -0.489 e. The number of imidazole rings is 1. The molecule has 0 saturated heterocycles. The van der Waals surface area contributed by atoms with Crippen LogP contribution in [0.1, 0.15) is 18.3 Å². The van der Waals surface area contributed by atoms with Gasteiger partial charge in [0.1, 0.15) is 29.3 Å². The van der Waals surface area contributed by atoms with Crippen molar-refractivity contribution in [2.24, 2.45) is 4.99 Å². The van der Waals surface area contributed by atoms with Crippen molar-refractivity contribution in [1.82, 2.24) is 25.2 Å². The van der Waals surface area contributed by atoms with Gasteiger partial charge in [-0.05, 0) is 49.7 Å². The minimum atomic E-state index is -0.282. The lowest BCUT2D eigenvalue weighted by atomic mass is 10.3.